The summed E-state index contributed by atoms with van der Waals surface area (Å²) in [6.45, 7) is 1.84. The van der Waals surface area contributed by atoms with Gasteiger partial charge in [-0.2, -0.15) is 0 Å². The van der Waals surface area contributed by atoms with E-state index in [4.69, 9.17) is 9.47 Å². The quantitative estimate of drug-likeness (QED) is 0.509. The second kappa shape index (κ2) is 10.7. The summed E-state index contributed by atoms with van der Waals surface area (Å²) < 4.78 is 76.2. The van der Waals surface area contributed by atoms with E-state index in [2.05, 4.69) is 9.91 Å². The van der Waals surface area contributed by atoms with Gasteiger partial charge >= 0.3 is 12.3 Å². The van der Waals surface area contributed by atoms with Crippen molar-refractivity contribution in [3.05, 3.63) is 53.4 Å². The molecule has 1 heterocycles. The van der Waals surface area contributed by atoms with E-state index < -0.39 is 32.6 Å². The fourth-order valence-corrected chi connectivity index (χ4v) is 5.90. The van der Waals surface area contributed by atoms with Gasteiger partial charge < -0.3 is 19.1 Å². The molecule has 1 aliphatic heterocycles. The number of sulfone groups is 1. The molecule has 1 amide bonds. The number of quaternary nitrogens is 1. The van der Waals surface area contributed by atoms with Crippen LogP contribution in [-0.4, -0.2) is 58.8 Å². The first-order valence-electron chi connectivity index (χ1n) is 10.6. The summed E-state index contributed by atoms with van der Waals surface area (Å²) in [7, 11) is -2.70. The first-order valence-corrected chi connectivity index (χ1v) is 12.1. The summed E-state index contributed by atoms with van der Waals surface area (Å²) in [5, 5.41) is 2.46. The number of methoxy groups -OCH3 is 1. The van der Waals surface area contributed by atoms with Crippen molar-refractivity contribution in [3.63, 3.8) is 0 Å². The van der Waals surface area contributed by atoms with Gasteiger partial charge in [0.25, 0.3) is 0 Å². The SMILES string of the molecule is COCC[NH+]1CCC(C(=O)N=O)(S(=O)(=O)c2ccc(Oc3ccc(OC(F)(F)F)cc3)cc2)CC1. The molecule has 0 spiro atoms. The lowest BCUT2D eigenvalue weighted by Gasteiger charge is -2.36. The number of nitrogens with one attached hydrogen (secondary N) is 1. The number of hydrogen-bond acceptors (Lipinski definition) is 7. The van der Waals surface area contributed by atoms with E-state index in [0.717, 1.165) is 17.0 Å². The molecule has 0 saturated carbocycles. The summed E-state index contributed by atoms with van der Waals surface area (Å²) in [5.41, 5.74) is 0. The van der Waals surface area contributed by atoms with Crippen LogP contribution in [-0.2, 0) is 19.4 Å². The van der Waals surface area contributed by atoms with Crippen molar-refractivity contribution < 1.29 is 45.5 Å². The van der Waals surface area contributed by atoms with E-state index in [0.29, 0.717) is 26.2 Å². The number of carbonyl (C=O) groups excluding carboxylic acids is 1. The molecule has 1 fully saturated rings. The molecule has 9 nitrogen and oxygen atoms in total. The number of hydrogen-bond donors (Lipinski definition) is 1. The number of amides is 1. The van der Waals surface area contributed by atoms with Crippen LogP contribution in [0, 0.1) is 4.91 Å². The minimum absolute atomic E-state index is 0.0520. The maximum absolute atomic E-state index is 13.5. The van der Waals surface area contributed by atoms with Crippen LogP contribution >= 0.6 is 0 Å². The predicted octanol–water partition coefficient (Wildman–Crippen LogP) is 2.51. The molecule has 0 atom stereocenters. The van der Waals surface area contributed by atoms with Gasteiger partial charge in [-0.1, -0.05) is 0 Å². The van der Waals surface area contributed by atoms with Gasteiger partial charge in [0.2, 0.25) is 0 Å². The number of nitroso groups, excluding NO2 is 1. The van der Waals surface area contributed by atoms with Crippen LogP contribution in [0.3, 0.4) is 0 Å². The van der Waals surface area contributed by atoms with Crippen molar-refractivity contribution in [2.24, 2.45) is 5.18 Å². The maximum atomic E-state index is 13.5. The molecule has 3 rings (SSSR count). The number of halogens is 3. The summed E-state index contributed by atoms with van der Waals surface area (Å²) in [4.78, 5) is 24.5. The fraction of sp³-hybridized carbons (Fsp3) is 0.409. The fourth-order valence-electron chi connectivity index (χ4n) is 3.94. The van der Waals surface area contributed by atoms with Gasteiger partial charge in [0.15, 0.2) is 14.6 Å². The Kier molecular flexibility index (Phi) is 8.13. The Labute approximate surface area is 199 Å². The van der Waals surface area contributed by atoms with Gasteiger partial charge in [0.05, 0.1) is 24.6 Å². The van der Waals surface area contributed by atoms with Gasteiger partial charge in [0, 0.05) is 25.1 Å². The van der Waals surface area contributed by atoms with Gasteiger partial charge in [0.1, 0.15) is 23.8 Å². The summed E-state index contributed by atoms with van der Waals surface area (Å²) in [6.07, 6.45) is -4.92. The van der Waals surface area contributed by atoms with Crippen LogP contribution in [0.25, 0.3) is 0 Å². The molecule has 2 aromatic carbocycles. The van der Waals surface area contributed by atoms with Crippen molar-refractivity contribution in [1.82, 2.24) is 0 Å². The monoisotopic (exact) mass is 517 g/mol. The number of likely N-dealkylation sites (tertiary alicyclic amines) is 1. The Balaban J connectivity index is 1.76. The molecule has 0 bridgehead atoms. The number of carbonyl (C=O) groups is 1. The molecule has 1 aliphatic rings. The molecule has 1 N–H and O–H groups in total. The Morgan fingerprint density at radius 2 is 1.51 bits per heavy atom. The first-order chi connectivity index (χ1) is 16.5. The zero-order valence-corrected chi connectivity index (χ0v) is 19.5. The van der Waals surface area contributed by atoms with E-state index in [1.54, 1.807) is 7.11 Å². The molecule has 0 radical (unpaired) electrons. The first kappa shape index (κ1) is 26.6. The van der Waals surface area contributed by atoms with Crippen molar-refractivity contribution in [1.29, 1.82) is 0 Å². The average Bonchev–Trinajstić information content (AvgIpc) is 2.83. The Bertz CT molecular complexity index is 1130. The topological polar surface area (TPSA) is 113 Å². The Morgan fingerprint density at radius 3 is 2.00 bits per heavy atom. The smallest absolute Gasteiger partial charge is 0.457 e. The predicted molar refractivity (Wildman–Crippen MR) is 117 cm³/mol. The Hall–Kier alpha value is -3.03. The molecule has 13 heteroatoms. The van der Waals surface area contributed by atoms with E-state index in [-0.39, 0.29) is 29.2 Å². The third-order valence-electron chi connectivity index (χ3n) is 5.84. The van der Waals surface area contributed by atoms with Crippen molar-refractivity contribution >= 4 is 15.7 Å². The highest BCUT2D eigenvalue weighted by Gasteiger charge is 2.55. The number of nitrogens with zero attached hydrogens (tertiary/aromatic N) is 1. The number of piperidine rings is 1. The lowest BCUT2D eigenvalue weighted by Crippen LogP contribution is -3.14. The normalized spacial score (nSPS) is 20.7. The molecular weight excluding hydrogens is 493 g/mol. The van der Waals surface area contributed by atoms with Crippen LogP contribution < -0.4 is 14.4 Å². The summed E-state index contributed by atoms with van der Waals surface area (Å²) >= 11 is 0. The number of alkyl halides is 3. The van der Waals surface area contributed by atoms with E-state index >= 15 is 0 Å². The van der Waals surface area contributed by atoms with Crippen molar-refractivity contribution in [2.45, 2.75) is 28.8 Å². The highest BCUT2D eigenvalue weighted by atomic mass is 32.2. The standard InChI is InChI=1S/C22H23F3N2O7S/c1-32-15-14-27-12-10-21(11-13-27,20(28)26-29)35(30,31)19-8-6-17(7-9-19)33-16-2-4-18(5-3-16)34-22(23,24)25/h2-9H,10-15H2,1H3/p+1. The molecule has 190 valence electrons. The molecule has 0 unspecified atom stereocenters. The number of rotatable bonds is 9. The van der Waals surface area contributed by atoms with Crippen LogP contribution in [0.1, 0.15) is 12.8 Å². The molecule has 1 saturated heterocycles. The van der Waals surface area contributed by atoms with Crippen LogP contribution in [0.15, 0.2) is 58.6 Å². The summed E-state index contributed by atoms with van der Waals surface area (Å²) in [6, 6.07) is 9.85. The van der Waals surface area contributed by atoms with E-state index in [1.165, 1.54) is 36.4 Å². The van der Waals surface area contributed by atoms with Crippen LogP contribution in [0.2, 0.25) is 0 Å². The van der Waals surface area contributed by atoms with Crippen molar-refractivity contribution in [3.8, 4) is 17.2 Å². The molecule has 35 heavy (non-hydrogen) atoms. The molecule has 2 aromatic rings. The second-order valence-corrected chi connectivity index (χ2v) is 10.2. The van der Waals surface area contributed by atoms with E-state index in [9.17, 15) is 31.3 Å². The minimum atomic E-state index is -4.82. The van der Waals surface area contributed by atoms with Gasteiger partial charge in [-0.05, 0) is 48.5 Å². The van der Waals surface area contributed by atoms with Crippen LogP contribution in [0.4, 0.5) is 13.2 Å². The van der Waals surface area contributed by atoms with Crippen LogP contribution in [0.5, 0.6) is 17.2 Å². The molecule has 0 aliphatic carbocycles. The zero-order valence-electron chi connectivity index (χ0n) is 18.7. The summed E-state index contributed by atoms with van der Waals surface area (Å²) in [5.74, 6) is -1.23. The van der Waals surface area contributed by atoms with Crippen molar-refractivity contribution in [2.75, 3.05) is 33.4 Å². The zero-order chi connectivity index (χ0) is 25.7. The highest BCUT2D eigenvalue weighted by molar-refractivity contribution is 7.93. The maximum Gasteiger partial charge on any atom is 0.573 e. The third-order valence-corrected chi connectivity index (χ3v) is 8.34. The van der Waals surface area contributed by atoms with E-state index in [1.807, 2.05) is 0 Å². The van der Waals surface area contributed by atoms with Gasteiger partial charge in [-0.15, -0.1) is 18.1 Å². The molecule has 0 aromatic heterocycles. The average molecular weight is 518 g/mol. The number of benzene rings is 2. The lowest BCUT2D eigenvalue weighted by atomic mass is 9.95. The third kappa shape index (κ3) is 6.16. The highest BCUT2D eigenvalue weighted by Crippen LogP contribution is 2.35. The van der Waals surface area contributed by atoms with Gasteiger partial charge in [-0.3, -0.25) is 4.79 Å². The largest absolute Gasteiger partial charge is 0.573 e. The van der Waals surface area contributed by atoms with Gasteiger partial charge in [-0.25, -0.2) is 8.42 Å². The Morgan fingerprint density at radius 1 is 1.00 bits per heavy atom. The minimum Gasteiger partial charge on any atom is -0.457 e. The molecular formula is C22H24F3N2O7S+. The number of ether oxygens (including phenoxy) is 3. The second-order valence-electron chi connectivity index (χ2n) is 7.98. The lowest BCUT2D eigenvalue weighted by molar-refractivity contribution is -0.905.